The zero-order valence-electron chi connectivity index (χ0n) is 13.2. The minimum atomic E-state index is 1.26. The van der Waals surface area contributed by atoms with Gasteiger partial charge in [0.2, 0.25) is 0 Å². The van der Waals surface area contributed by atoms with Crippen molar-refractivity contribution in [3.05, 3.63) is 59.2 Å². The van der Waals surface area contributed by atoms with Crippen LogP contribution in [0.4, 0.5) is 0 Å². The van der Waals surface area contributed by atoms with Crippen LogP contribution >= 0.6 is 0 Å². The number of aryl methyl sites for hydroxylation is 1. The molecule has 1 spiro atoms. The Balaban J connectivity index is 1.80. The summed E-state index contributed by atoms with van der Waals surface area (Å²) in [4.78, 5) is 0. The van der Waals surface area contributed by atoms with E-state index in [-0.39, 0.29) is 0 Å². The van der Waals surface area contributed by atoms with Crippen LogP contribution in [0.3, 0.4) is 0 Å². The highest BCUT2D eigenvalue weighted by Gasteiger charge is 2.39. The molecule has 1 heteroatoms. The second-order valence-electron chi connectivity index (χ2n) is 7.33. The average molecular weight is 288 g/mol. The molecule has 0 radical (unpaired) electrons. The third-order valence-corrected chi connectivity index (χ3v) is 6.05. The first-order chi connectivity index (χ1) is 10.8. The van der Waals surface area contributed by atoms with Gasteiger partial charge in [-0.15, -0.1) is 0 Å². The molecule has 110 valence electrons. The van der Waals surface area contributed by atoms with E-state index in [2.05, 4.69) is 49.4 Å². The second kappa shape index (κ2) is 4.33. The van der Waals surface area contributed by atoms with E-state index >= 15 is 0 Å². The quantitative estimate of drug-likeness (QED) is 0.406. The monoisotopic (exact) mass is 288 g/mol. The van der Waals surface area contributed by atoms with Crippen molar-refractivity contribution in [1.29, 1.82) is 0 Å². The molecule has 0 unspecified atom stereocenters. The Morgan fingerprint density at radius 3 is 2.50 bits per heavy atom. The van der Waals surface area contributed by atoms with Gasteiger partial charge in [-0.05, 0) is 40.1 Å². The van der Waals surface area contributed by atoms with E-state index < -0.39 is 0 Å². The fourth-order valence-corrected chi connectivity index (χ4v) is 4.88. The Labute approximate surface area is 131 Å². The lowest BCUT2D eigenvalue weighted by atomic mass is 9.93. The summed E-state index contributed by atoms with van der Waals surface area (Å²) in [5.74, 6) is 0. The van der Waals surface area contributed by atoms with Crippen LogP contribution in [0.25, 0.3) is 21.5 Å². The van der Waals surface area contributed by atoms with Gasteiger partial charge in [-0.2, -0.15) is 0 Å². The van der Waals surface area contributed by atoms with Crippen LogP contribution in [-0.4, -0.2) is 17.6 Å². The molecule has 1 fully saturated rings. The van der Waals surface area contributed by atoms with Crippen LogP contribution in [0.1, 0.15) is 29.5 Å². The van der Waals surface area contributed by atoms with E-state index in [4.69, 9.17) is 0 Å². The Hall–Kier alpha value is -1.86. The molecular weight excluding hydrogens is 266 g/mol. The summed E-state index contributed by atoms with van der Waals surface area (Å²) < 4.78 is 1.32. The van der Waals surface area contributed by atoms with Crippen molar-refractivity contribution in [1.82, 2.24) is 0 Å². The van der Waals surface area contributed by atoms with E-state index in [0.29, 0.717) is 0 Å². The first-order valence-electron chi connectivity index (χ1n) is 8.54. The highest BCUT2D eigenvalue weighted by molar-refractivity contribution is 6.09. The average Bonchev–Trinajstić information content (AvgIpc) is 3.14. The van der Waals surface area contributed by atoms with Gasteiger partial charge in [0.15, 0.2) is 0 Å². The normalized spacial score (nSPS) is 19.3. The predicted octanol–water partition coefficient (Wildman–Crippen LogP) is 4.93. The van der Waals surface area contributed by atoms with Crippen LogP contribution in [0, 0.1) is 6.92 Å². The highest BCUT2D eigenvalue weighted by Crippen LogP contribution is 2.40. The van der Waals surface area contributed by atoms with E-state index in [9.17, 15) is 0 Å². The zero-order valence-corrected chi connectivity index (χ0v) is 13.2. The van der Waals surface area contributed by atoms with Crippen LogP contribution < -0.4 is 0 Å². The van der Waals surface area contributed by atoms with E-state index in [0.717, 1.165) is 0 Å². The van der Waals surface area contributed by atoms with Gasteiger partial charge < -0.3 is 4.48 Å². The minimum absolute atomic E-state index is 1.26. The topological polar surface area (TPSA) is 0 Å². The highest BCUT2D eigenvalue weighted by atomic mass is 15.4. The van der Waals surface area contributed by atoms with Crippen LogP contribution in [0.5, 0.6) is 0 Å². The molecule has 1 saturated heterocycles. The SMILES string of the molecule is Cc1c2c(cc3c1ccc1ccccc13)C[N+]1(CCCC1)C2. The van der Waals surface area contributed by atoms with Crippen molar-refractivity contribution in [3.8, 4) is 0 Å². The van der Waals surface area contributed by atoms with Crippen LogP contribution in [0.15, 0.2) is 42.5 Å². The van der Waals surface area contributed by atoms with Crippen molar-refractivity contribution in [2.24, 2.45) is 0 Å². The summed E-state index contributed by atoms with van der Waals surface area (Å²) in [6.07, 6.45) is 2.82. The van der Waals surface area contributed by atoms with Gasteiger partial charge in [-0.1, -0.05) is 36.4 Å². The molecule has 2 aliphatic heterocycles. The number of rotatable bonds is 0. The van der Waals surface area contributed by atoms with Gasteiger partial charge in [0.1, 0.15) is 13.1 Å². The molecule has 3 aromatic rings. The predicted molar refractivity (Wildman–Crippen MR) is 92.8 cm³/mol. The minimum Gasteiger partial charge on any atom is -0.316 e. The summed E-state index contributed by atoms with van der Waals surface area (Å²) in [5, 5.41) is 5.67. The summed E-state index contributed by atoms with van der Waals surface area (Å²) in [5.41, 5.74) is 4.79. The number of quaternary nitrogens is 1. The van der Waals surface area contributed by atoms with Gasteiger partial charge in [0.25, 0.3) is 0 Å². The second-order valence-corrected chi connectivity index (χ2v) is 7.33. The van der Waals surface area contributed by atoms with Crippen molar-refractivity contribution >= 4 is 21.5 Å². The molecule has 2 aliphatic rings. The molecule has 0 atom stereocenters. The summed E-state index contributed by atoms with van der Waals surface area (Å²) >= 11 is 0. The standard InChI is InChI=1S/C21H22N/c1-15-18-9-8-16-6-2-3-7-19(16)20(18)12-17-13-22(14-21(15)17)10-4-5-11-22/h2-3,6-9,12H,4-5,10-11,13-14H2,1H3/q+1. The fourth-order valence-electron chi connectivity index (χ4n) is 4.88. The molecule has 5 rings (SSSR count). The van der Waals surface area contributed by atoms with Gasteiger partial charge in [0.05, 0.1) is 13.1 Å². The summed E-state index contributed by atoms with van der Waals surface area (Å²) in [7, 11) is 0. The zero-order chi connectivity index (χ0) is 14.7. The largest absolute Gasteiger partial charge is 0.316 e. The van der Waals surface area contributed by atoms with Gasteiger partial charge in [-0.3, -0.25) is 0 Å². The number of hydrogen-bond donors (Lipinski definition) is 0. The molecule has 0 aromatic heterocycles. The Bertz CT molecular complexity index is 901. The molecule has 0 amide bonds. The lowest BCUT2D eigenvalue weighted by Gasteiger charge is -2.28. The number of fused-ring (bicyclic) bond motifs is 4. The Morgan fingerprint density at radius 2 is 1.64 bits per heavy atom. The molecule has 22 heavy (non-hydrogen) atoms. The fraction of sp³-hybridized carbons (Fsp3) is 0.333. The lowest BCUT2D eigenvalue weighted by Crippen LogP contribution is -2.39. The first-order valence-corrected chi connectivity index (χ1v) is 8.54. The van der Waals surface area contributed by atoms with Crippen molar-refractivity contribution in [3.63, 3.8) is 0 Å². The summed E-state index contributed by atoms with van der Waals surface area (Å²) in [6.45, 7) is 7.63. The van der Waals surface area contributed by atoms with Gasteiger partial charge >= 0.3 is 0 Å². The Kier molecular flexibility index (Phi) is 2.49. The number of hydrogen-bond acceptors (Lipinski definition) is 0. The first kappa shape index (κ1) is 12.7. The van der Waals surface area contributed by atoms with Crippen molar-refractivity contribution in [2.75, 3.05) is 13.1 Å². The maximum absolute atomic E-state index is 2.51. The van der Waals surface area contributed by atoms with Crippen molar-refractivity contribution in [2.45, 2.75) is 32.9 Å². The van der Waals surface area contributed by atoms with E-state index in [1.54, 1.807) is 11.1 Å². The van der Waals surface area contributed by atoms with Crippen molar-refractivity contribution < 1.29 is 4.48 Å². The molecule has 0 bridgehead atoms. The number of benzene rings is 3. The molecule has 0 aliphatic carbocycles. The lowest BCUT2D eigenvalue weighted by molar-refractivity contribution is -0.936. The molecule has 0 saturated carbocycles. The number of nitrogens with zero attached hydrogens (tertiary/aromatic N) is 1. The Morgan fingerprint density at radius 1 is 0.818 bits per heavy atom. The maximum atomic E-state index is 2.51. The molecule has 2 heterocycles. The van der Waals surface area contributed by atoms with Crippen LogP contribution in [-0.2, 0) is 13.1 Å². The summed E-state index contributed by atoms with van der Waals surface area (Å²) in [6, 6.07) is 15.9. The molecule has 1 nitrogen and oxygen atoms in total. The third-order valence-electron chi connectivity index (χ3n) is 6.05. The third kappa shape index (κ3) is 1.63. The molecule has 0 N–H and O–H groups in total. The molecular formula is C21H22N+. The maximum Gasteiger partial charge on any atom is 0.105 e. The van der Waals surface area contributed by atoms with Gasteiger partial charge in [0, 0.05) is 24.0 Å². The van der Waals surface area contributed by atoms with Crippen LogP contribution in [0.2, 0.25) is 0 Å². The smallest absolute Gasteiger partial charge is 0.105 e. The van der Waals surface area contributed by atoms with E-state index in [1.165, 1.54) is 70.6 Å². The van der Waals surface area contributed by atoms with E-state index in [1.807, 2.05) is 0 Å². The van der Waals surface area contributed by atoms with Gasteiger partial charge in [-0.25, -0.2) is 0 Å². The molecule has 3 aromatic carbocycles.